The van der Waals surface area contributed by atoms with E-state index in [0.717, 1.165) is 31.6 Å². The molecule has 2 atom stereocenters. The van der Waals surface area contributed by atoms with E-state index in [9.17, 15) is 4.79 Å². The number of hydrogen-bond acceptors (Lipinski definition) is 3. The fraction of sp³-hybridized carbons (Fsp3) is 0.562. The average Bonchev–Trinajstić information content (AvgIpc) is 2.99. The van der Waals surface area contributed by atoms with Crippen LogP contribution in [0.3, 0.4) is 0 Å². The fourth-order valence-electron chi connectivity index (χ4n) is 2.57. The van der Waals surface area contributed by atoms with Crippen molar-refractivity contribution in [2.24, 2.45) is 5.92 Å². The Hall–Kier alpha value is -1.39. The van der Waals surface area contributed by atoms with Gasteiger partial charge in [0.1, 0.15) is 0 Å². The Kier molecular flexibility index (Phi) is 6.02. The first-order valence-electron chi connectivity index (χ1n) is 7.46. The quantitative estimate of drug-likeness (QED) is 0.799. The molecule has 2 unspecified atom stereocenters. The van der Waals surface area contributed by atoms with Crippen molar-refractivity contribution in [3.63, 3.8) is 0 Å². The van der Waals surface area contributed by atoms with E-state index in [0.29, 0.717) is 12.5 Å². The Labute approximate surface area is 120 Å². The van der Waals surface area contributed by atoms with Gasteiger partial charge in [0.05, 0.1) is 0 Å². The number of hydrogen-bond donors (Lipinski definition) is 2. The molecule has 110 valence electrons. The molecular formula is C16H24N2O2. The highest BCUT2D eigenvalue weighted by atomic mass is 16.5. The molecule has 0 aromatic heterocycles. The van der Waals surface area contributed by atoms with Crippen LogP contribution >= 0.6 is 0 Å². The SMILES string of the molecule is CCOC(C(=O)NCCC1CCNC1)c1ccccc1. The van der Waals surface area contributed by atoms with Crippen molar-refractivity contribution in [2.75, 3.05) is 26.2 Å². The second-order valence-corrected chi connectivity index (χ2v) is 5.18. The lowest BCUT2D eigenvalue weighted by Gasteiger charge is -2.18. The fourth-order valence-corrected chi connectivity index (χ4v) is 2.57. The lowest BCUT2D eigenvalue weighted by molar-refractivity contribution is -0.133. The Morgan fingerprint density at radius 3 is 2.90 bits per heavy atom. The van der Waals surface area contributed by atoms with Crippen molar-refractivity contribution in [1.82, 2.24) is 10.6 Å². The van der Waals surface area contributed by atoms with Crippen LogP contribution in [0.1, 0.15) is 31.4 Å². The van der Waals surface area contributed by atoms with Crippen LogP contribution in [0.2, 0.25) is 0 Å². The smallest absolute Gasteiger partial charge is 0.253 e. The molecule has 1 aliphatic rings. The number of ether oxygens (including phenoxy) is 1. The molecule has 1 aromatic carbocycles. The first-order chi connectivity index (χ1) is 9.81. The van der Waals surface area contributed by atoms with Crippen LogP contribution in [-0.2, 0) is 9.53 Å². The molecule has 2 rings (SSSR count). The lowest BCUT2D eigenvalue weighted by Crippen LogP contribution is -2.32. The first kappa shape index (κ1) is 15.0. The maximum absolute atomic E-state index is 12.3. The molecule has 1 amide bonds. The van der Waals surface area contributed by atoms with Gasteiger partial charge < -0.3 is 15.4 Å². The van der Waals surface area contributed by atoms with Crippen molar-refractivity contribution < 1.29 is 9.53 Å². The highest BCUT2D eigenvalue weighted by molar-refractivity contribution is 5.82. The van der Waals surface area contributed by atoms with Gasteiger partial charge in [0.25, 0.3) is 5.91 Å². The van der Waals surface area contributed by atoms with Crippen LogP contribution < -0.4 is 10.6 Å². The van der Waals surface area contributed by atoms with E-state index in [1.807, 2.05) is 37.3 Å². The molecule has 1 heterocycles. The van der Waals surface area contributed by atoms with Gasteiger partial charge in [-0.05, 0) is 44.3 Å². The van der Waals surface area contributed by atoms with Gasteiger partial charge in [0.15, 0.2) is 6.10 Å². The highest BCUT2D eigenvalue weighted by Crippen LogP contribution is 2.17. The van der Waals surface area contributed by atoms with Crippen LogP contribution in [0.25, 0.3) is 0 Å². The average molecular weight is 276 g/mol. The van der Waals surface area contributed by atoms with E-state index in [4.69, 9.17) is 4.74 Å². The summed E-state index contributed by atoms with van der Waals surface area (Å²) in [6.07, 6.45) is 1.75. The lowest BCUT2D eigenvalue weighted by atomic mass is 10.0. The summed E-state index contributed by atoms with van der Waals surface area (Å²) in [5.74, 6) is 0.654. The number of benzene rings is 1. The molecule has 0 radical (unpaired) electrons. The minimum absolute atomic E-state index is 0.0380. The molecule has 1 aromatic rings. The third kappa shape index (κ3) is 4.32. The van der Waals surface area contributed by atoms with Gasteiger partial charge in [-0.25, -0.2) is 0 Å². The standard InChI is InChI=1S/C16H24N2O2/c1-2-20-15(14-6-4-3-5-7-14)16(19)18-11-9-13-8-10-17-12-13/h3-7,13,15,17H,2,8-12H2,1H3,(H,18,19). The van der Waals surface area contributed by atoms with Gasteiger partial charge in [-0.1, -0.05) is 30.3 Å². The normalized spacial score (nSPS) is 19.8. The topological polar surface area (TPSA) is 50.4 Å². The first-order valence-corrected chi connectivity index (χ1v) is 7.46. The van der Waals surface area contributed by atoms with Crippen molar-refractivity contribution in [1.29, 1.82) is 0 Å². The van der Waals surface area contributed by atoms with Gasteiger partial charge in [-0.15, -0.1) is 0 Å². The van der Waals surface area contributed by atoms with Gasteiger partial charge in [-0.3, -0.25) is 4.79 Å². The zero-order chi connectivity index (χ0) is 14.2. The minimum Gasteiger partial charge on any atom is -0.364 e. The Morgan fingerprint density at radius 1 is 1.45 bits per heavy atom. The molecule has 0 spiro atoms. The van der Waals surface area contributed by atoms with Crippen molar-refractivity contribution in [2.45, 2.75) is 25.9 Å². The second-order valence-electron chi connectivity index (χ2n) is 5.18. The highest BCUT2D eigenvalue weighted by Gasteiger charge is 2.21. The van der Waals surface area contributed by atoms with E-state index in [1.54, 1.807) is 0 Å². The van der Waals surface area contributed by atoms with Crippen molar-refractivity contribution >= 4 is 5.91 Å². The van der Waals surface area contributed by atoms with Gasteiger partial charge in [0, 0.05) is 13.2 Å². The van der Waals surface area contributed by atoms with Crippen LogP contribution in [0, 0.1) is 5.92 Å². The van der Waals surface area contributed by atoms with Crippen LogP contribution in [0.15, 0.2) is 30.3 Å². The monoisotopic (exact) mass is 276 g/mol. The Bertz CT molecular complexity index is 402. The number of carbonyl (C=O) groups excluding carboxylic acids is 1. The number of rotatable bonds is 7. The molecule has 20 heavy (non-hydrogen) atoms. The summed E-state index contributed by atoms with van der Waals surface area (Å²) in [7, 11) is 0. The third-order valence-corrected chi connectivity index (χ3v) is 3.69. The van der Waals surface area contributed by atoms with E-state index in [-0.39, 0.29) is 5.91 Å². The Morgan fingerprint density at radius 2 is 2.25 bits per heavy atom. The maximum Gasteiger partial charge on any atom is 0.253 e. The predicted octanol–water partition coefficient (Wildman–Crippen LogP) is 1.88. The summed E-state index contributed by atoms with van der Waals surface area (Å²) in [4.78, 5) is 12.3. The zero-order valence-corrected chi connectivity index (χ0v) is 12.1. The molecule has 2 N–H and O–H groups in total. The largest absolute Gasteiger partial charge is 0.364 e. The van der Waals surface area contributed by atoms with E-state index in [1.165, 1.54) is 6.42 Å². The number of carbonyl (C=O) groups is 1. The van der Waals surface area contributed by atoms with Crippen molar-refractivity contribution in [3.8, 4) is 0 Å². The summed E-state index contributed by atoms with van der Waals surface area (Å²) >= 11 is 0. The molecule has 1 fully saturated rings. The summed E-state index contributed by atoms with van der Waals surface area (Å²) < 4.78 is 5.59. The van der Waals surface area contributed by atoms with Crippen molar-refractivity contribution in [3.05, 3.63) is 35.9 Å². The summed E-state index contributed by atoms with van der Waals surface area (Å²) in [6.45, 7) is 5.34. The van der Waals surface area contributed by atoms with E-state index < -0.39 is 6.10 Å². The summed E-state index contributed by atoms with van der Waals surface area (Å²) in [6, 6.07) is 9.66. The van der Waals surface area contributed by atoms with Crippen LogP contribution in [-0.4, -0.2) is 32.1 Å². The molecule has 4 nitrogen and oxygen atoms in total. The summed E-state index contributed by atoms with van der Waals surface area (Å²) in [5.41, 5.74) is 0.911. The third-order valence-electron chi connectivity index (χ3n) is 3.69. The van der Waals surface area contributed by atoms with E-state index in [2.05, 4.69) is 10.6 Å². The van der Waals surface area contributed by atoms with Gasteiger partial charge >= 0.3 is 0 Å². The molecule has 0 aliphatic carbocycles. The number of amides is 1. The molecule has 0 bridgehead atoms. The summed E-state index contributed by atoms with van der Waals surface area (Å²) in [5, 5.41) is 6.34. The zero-order valence-electron chi connectivity index (χ0n) is 12.1. The Balaban J connectivity index is 1.83. The molecule has 1 saturated heterocycles. The molecule has 0 saturated carbocycles. The van der Waals surface area contributed by atoms with Crippen LogP contribution in [0.5, 0.6) is 0 Å². The number of nitrogens with one attached hydrogen (secondary N) is 2. The van der Waals surface area contributed by atoms with E-state index >= 15 is 0 Å². The van der Waals surface area contributed by atoms with Gasteiger partial charge in [0.2, 0.25) is 0 Å². The predicted molar refractivity (Wildman–Crippen MR) is 79.4 cm³/mol. The van der Waals surface area contributed by atoms with Gasteiger partial charge in [-0.2, -0.15) is 0 Å². The molecule has 4 heteroatoms. The maximum atomic E-state index is 12.3. The molecule has 1 aliphatic heterocycles. The minimum atomic E-state index is -0.497. The second kappa shape index (κ2) is 8.02. The molecular weight excluding hydrogens is 252 g/mol. The van der Waals surface area contributed by atoms with Crippen LogP contribution in [0.4, 0.5) is 0 Å².